The zero-order valence-electron chi connectivity index (χ0n) is 15.3. The fourth-order valence-electron chi connectivity index (χ4n) is 4.44. The van der Waals surface area contributed by atoms with Crippen LogP contribution in [0.15, 0.2) is 47.7 Å². The Balaban J connectivity index is 1.76. The van der Waals surface area contributed by atoms with Gasteiger partial charge in [0.05, 0.1) is 0 Å². The lowest BCUT2D eigenvalue weighted by Crippen LogP contribution is -2.34. The van der Waals surface area contributed by atoms with Gasteiger partial charge in [-0.05, 0) is 35.1 Å². The molecule has 1 aliphatic carbocycles. The van der Waals surface area contributed by atoms with Crippen molar-refractivity contribution in [2.45, 2.75) is 32.6 Å². The monoisotopic (exact) mass is 365 g/mol. The Bertz CT molecular complexity index is 1010. The number of ketones is 1. The van der Waals surface area contributed by atoms with Gasteiger partial charge in [-0.25, -0.2) is 4.39 Å². The van der Waals surface area contributed by atoms with Crippen LogP contribution in [0.4, 0.5) is 10.1 Å². The molecule has 27 heavy (non-hydrogen) atoms. The quantitative estimate of drug-likeness (QED) is 0.792. The van der Waals surface area contributed by atoms with Crippen molar-refractivity contribution in [3.05, 3.63) is 64.6 Å². The predicted molar refractivity (Wildman–Crippen MR) is 99.5 cm³/mol. The number of nitrogens with one attached hydrogen (secondary N) is 1. The molecule has 1 N–H and O–H groups in total. The van der Waals surface area contributed by atoms with Crippen LogP contribution in [-0.2, 0) is 4.79 Å². The molecule has 0 saturated carbocycles. The molecule has 2 aromatic carbocycles. The summed E-state index contributed by atoms with van der Waals surface area (Å²) in [7, 11) is 0. The molecule has 2 aliphatic heterocycles. The summed E-state index contributed by atoms with van der Waals surface area (Å²) in [6.07, 6.45) is 1.20. The summed E-state index contributed by atoms with van der Waals surface area (Å²) < 4.78 is 25.8. The van der Waals surface area contributed by atoms with Crippen molar-refractivity contribution in [3.8, 4) is 11.5 Å². The number of carbonyl (C=O) groups is 1. The Morgan fingerprint density at radius 3 is 2.59 bits per heavy atom. The number of Topliss-reactive ketones (excluding diaryl/α,β-unsaturated/α-hetero) is 1. The predicted octanol–water partition coefficient (Wildman–Crippen LogP) is 4.76. The van der Waals surface area contributed by atoms with Gasteiger partial charge >= 0.3 is 0 Å². The highest BCUT2D eigenvalue weighted by atomic mass is 19.1. The second-order valence-electron chi connectivity index (χ2n) is 8.21. The number of rotatable bonds is 1. The third-order valence-corrected chi connectivity index (χ3v) is 5.57. The van der Waals surface area contributed by atoms with Crippen LogP contribution in [0.2, 0.25) is 0 Å². The van der Waals surface area contributed by atoms with Crippen molar-refractivity contribution >= 4 is 11.5 Å². The minimum Gasteiger partial charge on any atom is -0.454 e. The highest BCUT2D eigenvalue weighted by molar-refractivity contribution is 6.01. The Morgan fingerprint density at radius 1 is 1.07 bits per heavy atom. The normalized spacial score (nSPS) is 22.2. The van der Waals surface area contributed by atoms with E-state index in [2.05, 4.69) is 19.2 Å². The molecule has 138 valence electrons. The number of benzene rings is 2. The molecule has 0 aromatic heterocycles. The number of allylic oxidation sites excluding steroid dienone is 2. The summed E-state index contributed by atoms with van der Waals surface area (Å²) in [5, 5.41) is 3.43. The molecule has 3 aliphatic rings. The zero-order valence-corrected chi connectivity index (χ0v) is 15.3. The van der Waals surface area contributed by atoms with E-state index in [0.717, 1.165) is 23.4 Å². The molecule has 0 amide bonds. The maximum absolute atomic E-state index is 14.8. The minimum absolute atomic E-state index is 0.0744. The maximum atomic E-state index is 14.8. The van der Waals surface area contributed by atoms with E-state index in [4.69, 9.17) is 9.47 Å². The van der Waals surface area contributed by atoms with Gasteiger partial charge in [-0.2, -0.15) is 0 Å². The topological polar surface area (TPSA) is 47.6 Å². The van der Waals surface area contributed by atoms with Gasteiger partial charge in [-0.3, -0.25) is 4.79 Å². The van der Waals surface area contributed by atoms with Crippen LogP contribution in [0.25, 0.3) is 0 Å². The molecule has 0 saturated heterocycles. The maximum Gasteiger partial charge on any atom is 0.231 e. The van der Waals surface area contributed by atoms with Crippen LogP contribution in [0.5, 0.6) is 11.5 Å². The molecule has 1 unspecified atom stereocenters. The SMILES string of the molecule is CC1(C)CC(=O)C2=C(C1)Nc1cc3c(cc1C2c1ccccc1F)OCO3. The summed E-state index contributed by atoms with van der Waals surface area (Å²) in [5.41, 5.74) is 3.63. The van der Waals surface area contributed by atoms with Crippen molar-refractivity contribution < 1.29 is 18.7 Å². The van der Waals surface area contributed by atoms with E-state index in [9.17, 15) is 9.18 Å². The first-order valence-electron chi connectivity index (χ1n) is 9.14. The number of halogens is 1. The summed E-state index contributed by atoms with van der Waals surface area (Å²) >= 11 is 0. The Labute approximate surface area is 157 Å². The second-order valence-corrected chi connectivity index (χ2v) is 8.21. The van der Waals surface area contributed by atoms with Gasteiger partial charge < -0.3 is 14.8 Å². The molecular formula is C22H20FNO3. The largest absolute Gasteiger partial charge is 0.454 e. The van der Waals surface area contributed by atoms with Gasteiger partial charge in [0.2, 0.25) is 6.79 Å². The lowest BCUT2D eigenvalue weighted by atomic mass is 9.68. The van der Waals surface area contributed by atoms with Crippen LogP contribution >= 0.6 is 0 Å². The van der Waals surface area contributed by atoms with Crippen LogP contribution in [-0.4, -0.2) is 12.6 Å². The molecular weight excluding hydrogens is 345 g/mol. The average molecular weight is 365 g/mol. The Morgan fingerprint density at radius 2 is 1.81 bits per heavy atom. The van der Waals surface area contributed by atoms with Gasteiger partial charge in [0.25, 0.3) is 0 Å². The highest BCUT2D eigenvalue weighted by Gasteiger charge is 2.42. The van der Waals surface area contributed by atoms with Crippen LogP contribution < -0.4 is 14.8 Å². The van der Waals surface area contributed by atoms with Crippen molar-refractivity contribution in [1.29, 1.82) is 0 Å². The first kappa shape index (κ1) is 16.4. The summed E-state index contributed by atoms with van der Waals surface area (Å²) in [5.74, 6) is 0.613. The lowest BCUT2D eigenvalue weighted by molar-refractivity contribution is -0.118. The van der Waals surface area contributed by atoms with Gasteiger partial charge in [0.15, 0.2) is 17.3 Å². The van der Waals surface area contributed by atoms with Crippen molar-refractivity contribution in [3.63, 3.8) is 0 Å². The first-order chi connectivity index (χ1) is 12.9. The van der Waals surface area contributed by atoms with Crippen LogP contribution in [0, 0.1) is 11.2 Å². The number of ether oxygens (including phenoxy) is 2. The number of anilines is 1. The van der Waals surface area contributed by atoms with E-state index in [-0.39, 0.29) is 23.8 Å². The smallest absolute Gasteiger partial charge is 0.231 e. The van der Waals surface area contributed by atoms with E-state index >= 15 is 0 Å². The second kappa shape index (κ2) is 5.59. The number of carbonyl (C=O) groups excluding carboxylic acids is 1. The van der Waals surface area contributed by atoms with Crippen molar-refractivity contribution in [1.82, 2.24) is 0 Å². The molecule has 2 aromatic rings. The van der Waals surface area contributed by atoms with E-state index in [1.807, 2.05) is 18.2 Å². The summed E-state index contributed by atoms with van der Waals surface area (Å²) in [6, 6.07) is 10.4. The lowest BCUT2D eigenvalue weighted by Gasteiger charge is -2.39. The summed E-state index contributed by atoms with van der Waals surface area (Å²) in [6.45, 7) is 4.34. The van der Waals surface area contributed by atoms with E-state index in [0.29, 0.717) is 29.1 Å². The molecule has 0 bridgehead atoms. The zero-order chi connectivity index (χ0) is 18.8. The molecule has 0 radical (unpaired) electrons. The van der Waals surface area contributed by atoms with E-state index in [1.54, 1.807) is 12.1 Å². The van der Waals surface area contributed by atoms with Gasteiger partial charge in [-0.1, -0.05) is 32.0 Å². The molecule has 0 fully saturated rings. The number of hydrogen-bond acceptors (Lipinski definition) is 4. The van der Waals surface area contributed by atoms with Crippen LogP contribution in [0.3, 0.4) is 0 Å². The third kappa shape index (κ3) is 2.52. The molecule has 5 heteroatoms. The fraction of sp³-hybridized carbons (Fsp3) is 0.318. The number of hydrogen-bond donors (Lipinski definition) is 1. The van der Waals surface area contributed by atoms with Crippen molar-refractivity contribution in [2.24, 2.45) is 5.41 Å². The van der Waals surface area contributed by atoms with Crippen molar-refractivity contribution in [2.75, 3.05) is 12.1 Å². The summed E-state index contributed by atoms with van der Waals surface area (Å²) in [4.78, 5) is 13.1. The highest BCUT2D eigenvalue weighted by Crippen LogP contribution is 2.52. The first-order valence-corrected chi connectivity index (χ1v) is 9.14. The van der Waals surface area contributed by atoms with Gasteiger partial charge in [0.1, 0.15) is 5.82 Å². The molecule has 2 heterocycles. The Kier molecular flexibility index (Phi) is 3.39. The van der Waals surface area contributed by atoms with E-state index < -0.39 is 5.92 Å². The molecule has 0 spiro atoms. The molecule has 1 atom stereocenters. The van der Waals surface area contributed by atoms with E-state index in [1.165, 1.54) is 6.07 Å². The standard InChI is InChI=1S/C22H20FNO3/c1-22(2)9-16-21(17(25)10-22)20(12-5-3-4-6-14(12)23)13-7-18-19(27-11-26-18)8-15(13)24-16/h3-8,20,24H,9-11H2,1-2H3. The fourth-order valence-corrected chi connectivity index (χ4v) is 4.44. The third-order valence-electron chi connectivity index (χ3n) is 5.57. The van der Waals surface area contributed by atoms with Gasteiger partial charge in [0, 0.05) is 35.4 Å². The van der Waals surface area contributed by atoms with Gasteiger partial charge in [-0.15, -0.1) is 0 Å². The van der Waals surface area contributed by atoms with Crippen LogP contribution in [0.1, 0.15) is 43.7 Å². The molecule has 4 nitrogen and oxygen atoms in total. The Hall–Kier alpha value is -2.82. The molecule has 5 rings (SSSR count). The number of fused-ring (bicyclic) bond motifs is 2. The minimum atomic E-state index is -0.449. The average Bonchev–Trinajstić information content (AvgIpc) is 3.05.